The molecule has 10 heteroatoms. The monoisotopic (exact) mass is 507 g/mol. The summed E-state index contributed by atoms with van der Waals surface area (Å²) in [6.07, 6.45) is 1.79. The van der Waals surface area contributed by atoms with Crippen LogP contribution in [0.15, 0.2) is 36.5 Å². The summed E-state index contributed by atoms with van der Waals surface area (Å²) in [5.74, 6) is 1.90. The van der Waals surface area contributed by atoms with E-state index in [0.717, 1.165) is 21.6 Å². The van der Waals surface area contributed by atoms with Gasteiger partial charge in [-0.05, 0) is 47.3 Å². The molecule has 3 N–H and O–H groups in total. The maximum absolute atomic E-state index is 12.6. The minimum absolute atomic E-state index is 0. The molecule has 0 saturated heterocycles. The number of hydrogen-bond donors (Lipinski definition) is 2. The fourth-order valence-electron chi connectivity index (χ4n) is 3.36. The van der Waals surface area contributed by atoms with Gasteiger partial charge in [-0.15, -0.1) is 12.4 Å². The second-order valence-corrected chi connectivity index (χ2v) is 8.46. The number of amides is 1. The van der Waals surface area contributed by atoms with Crippen molar-refractivity contribution in [3.8, 4) is 44.6 Å². The lowest BCUT2D eigenvalue weighted by Crippen LogP contribution is -2.39. The summed E-state index contributed by atoms with van der Waals surface area (Å²) in [5, 5.41) is 2.89. The van der Waals surface area contributed by atoms with E-state index in [2.05, 4.69) is 9.69 Å². The first-order chi connectivity index (χ1) is 15.8. The first kappa shape index (κ1) is 27.2. The lowest BCUT2D eigenvalue weighted by Gasteiger charge is -2.18. The summed E-state index contributed by atoms with van der Waals surface area (Å²) in [5.41, 5.74) is 9.17. The minimum Gasteiger partial charge on any atom is -0.495 e. The summed E-state index contributed by atoms with van der Waals surface area (Å²) >= 11 is 1.35. The van der Waals surface area contributed by atoms with Crippen molar-refractivity contribution in [3.05, 3.63) is 36.5 Å². The van der Waals surface area contributed by atoms with Gasteiger partial charge in [-0.2, -0.15) is 4.37 Å². The topological polar surface area (TPSA) is 105 Å². The lowest BCUT2D eigenvalue weighted by atomic mass is 10.0. The van der Waals surface area contributed by atoms with Crippen LogP contribution in [0.5, 0.6) is 23.0 Å². The summed E-state index contributed by atoms with van der Waals surface area (Å²) in [4.78, 5) is 13.5. The van der Waals surface area contributed by atoms with Gasteiger partial charge in [0, 0.05) is 17.3 Å². The lowest BCUT2D eigenvalue weighted by molar-refractivity contribution is -0.118. The average Bonchev–Trinajstić information content (AvgIpc) is 3.32. The Morgan fingerprint density at radius 1 is 0.941 bits per heavy atom. The predicted octanol–water partition coefficient (Wildman–Crippen LogP) is 4.86. The normalized spacial score (nSPS) is 11.4. The molecule has 1 amide bonds. The molecule has 0 aliphatic rings. The van der Waals surface area contributed by atoms with Crippen molar-refractivity contribution in [1.82, 2.24) is 4.37 Å². The Bertz CT molecular complexity index is 1110. The molecule has 0 fully saturated rings. The van der Waals surface area contributed by atoms with Gasteiger partial charge in [0.2, 0.25) is 11.7 Å². The van der Waals surface area contributed by atoms with Crippen molar-refractivity contribution in [2.45, 2.75) is 19.9 Å². The number of carbonyl (C=O) groups is 1. The van der Waals surface area contributed by atoms with Crippen LogP contribution >= 0.6 is 23.9 Å². The summed E-state index contributed by atoms with van der Waals surface area (Å²) < 4.78 is 26.3. The number of rotatable bonds is 9. The standard InChI is InChI=1S/C24H29N3O5S.ClH/c1-13(2)21(25)24(28)27-17-9-14(7-8-18(17)29-3)16-12-26-33-23(16)15-10-19(30-4)22(32-6)20(11-15)31-5;/h7-13,21H,25H2,1-6H3,(H,27,28);1H. The third kappa shape index (κ3) is 5.55. The molecule has 34 heavy (non-hydrogen) atoms. The molecule has 3 rings (SSSR count). The van der Waals surface area contributed by atoms with Gasteiger partial charge in [0.05, 0.1) is 45.0 Å². The molecule has 184 valence electrons. The number of ether oxygens (including phenoxy) is 4. The number of nitrogens with zero attached hydrogens (tertiary/aromatic N) is 1. The Morgan fingerprint density at radius 3 is 2.09 bits per heavy atom. The molecule has 0 aliphatic heterocycles. The SMILES string of the molecule is COc1ccc(-c2cnsc2-c2cc(OC)c(OC)c(OC)c2)cc1NC(=O)C(N)C(C)C.Cl. The number of nitrogens with two attached hydrogens (primary N) is 1. The molecule has 0 spiro atoms. The van der Waals surface area contributed by atoms with Gasteiger partial charge in [-0.3, -0.25) is 4.79 Å². The Hall–Kier alpha value is -3.01. The van der Waals surface area contributed by atoms with Crippen molar-refractivity contribution in [1.29, 1.82) is 0 Å². The van der Waals surface area contributed by atoms with E-state index in [-0.39, 0.29) is 24.2 Å². The third-order valence-corrected chi connectivity index (χ3v) is 6.14. The molecule has 8 nitrogen and oxygen atoms in total. The van der Waals surface area contributed by atoms with E-state index in [1.54, 1.807) is 34.6 Å². The summed E-state index contributed by atoms with van der Waals surface area (Å²) in [7, 11) is 6.28. The highest BCUT2D eigenvalue weighted by Gasteiger charge is 2.21. The largest absolute Gasteiger partial charge is 0.495 e. The number of benzene rings is 2. The van der Waals surface area contributed by atoms with Gasteiger partial charge < -0.3 is 30.0 Å². The highest BCUT2D eigenvalue weighted by Crippen LogP contribution is 2.45. The van der Waals surface area contributed by atoms with E-state index in [9.17, 15) is 4.79 Å². The van der Waals surface area contributed by atoms with Gasteiger partial charge in [-0.25, -0.2) is 0 Å². The number of carbonyl (C=O) groups excluding carboxylic acids is 1. The maximum Gasteiger partial charge on any atom is 0.241 e. The first-order valence-electron chi connectivity index (χ1n) is 10.3. The molecule has 1 unspecified atom stereocenters. The van der Waals surface area contributed by atoms with Crippen molar-refractivity contribution < 1.29 is 23.7 Å². The average molecular weight is 508 g/mol. The fourth-order valence-corrected chi connectivity index (χ4v) is 4.11. The molecule has 3 aromatic rings. The van der Waals surface area contributed by atoms with E-state index in [4.69, 9.17) is 24.7 Å². The number of methoxy groups -OCH3 is 4. The third-order valence-electron chi connectivity index (χ3n) is 5.29. The Balaban J connectivity index is 0.00000408. The van der Waals surface area contributed by atoms with Crippen LogP contribution in [0.25, 0.3) is 21.6 Å². The number of halogens is 1. The van der Waals surface area contributed by atoms with Gasteiger partial charge in [-0.1, -0.05) is 19.9 Å². The highest BCUT2D eigenvalue weighted by molar-refractivity contribution is 7.10. The Kier molecular flexibility index (Phi) is 9.55. The van der Waals surface area contributed by atoms with Crippen LogP contribution in [0.1, 0.15) is 13.8 Å². The zero-order valence-corrected chi connectivity index (χ0v) is 21.6. The van der Waals surface area contributed by atoms with E-state index < -0.39 is 6.04 Å². The van der Waals surface area contributed by atoms with Crippen LogP contribution in [0, 0.1) is 5.92 Å². The van der Waals surface area contributed by atoms with Crippen LogP contribution in [0.4, 0.5) is 5.69 Å². The Labute approximate surface area is 209 Å². The van der Waals surface area contributed by atoms with Gasteiger partial charge >= 0.3 is 0 Å². The zero-order chi connectivity index (χ0) is 24.1. The molecule has 1 aromatic heterocycles. The second kappa shape index (κ2) is 11.9. The van der Waals surface area contributed by atoms with Crippen molar-refractivity contribution in [2.24, 2.45) is 11.7 Å². The van der Waals surface area contributed by atoms with Crippen LogP contribution in [0.2, 0.25) is 0 Å². The van der Waals surface area contributed by atoms with Crippen LogP contribution in [0.3, 0.4) is 0 Å². The molecule has 0 aliphatic carbocycles. The molecular weight excluding hydrogens is 478 g/mol. The molecule has 1 heterocycles. The summed E-state index contributed by atoms with van der Waals surface area (Å²) in [6.45, 7) is 3.80. The van der Waals surface area contributed by atoms with E-state index in [1.807, 2.05) is 44.2 Å². The highest BCUT2D eigenvalue weighted by atomic mass is 35.5. The van der Waals surface area contributed by atoms with Crippen LogP contribution < -0.4 is 30.0 Å². The number of hydrogen-bond acceptors (Lipinski definition) is 8. The maximum atomic E-state index is 12.6. The first-order valence-corrected chi connectivity index (χ1v) is 11.1. The summed E-state index contributed by atoms with van der Waals surface area (Å²) in [6, 6.07) is 8.72. The van der Waals surface area contributed by atoms with Crippen LogP contribution in [-0.2, 0) is 4.79 Å². The quantitative estimate of drug-likeness (QED) is 0.426. The fraction of sp³-hybridized carbons (Fsp3) is 0.333. The number of nitrogens with one attached hydrogen (secondary N) is 1. The van der Waals surface area contributed by atoms with Gasteiger partial charge in [0.25, 0.3) is 0 Å². The Morgan fingerprint density at radius 2 is 1.56 bits per heavy atom. The smallest absolute Gasteiger partial charge is 0.241 e. The molecule has 1 atom stereocenters. The van der Waals surface area contributed by atoms with Crippen LogP contribution in [-0.4, -0.2) is 44.8 Å². The van der Waals surface area contributed by atoms with Gasteiger partial charge in [0.1, 0.15) is 5.75 Å². The van der Waals surface area contributed by atoms with E-state index >= 15 is 0 Å². The van der Waals surface area contributed by atoms with Crippen molar-refractivity contribution >= 4 is 35.5 Å². The molecule has 0 bridgehead atoms. The zero-order valence-electron chi connectivity index (χ0n) is 20.0. The molecule has 2 aromatic carbocycles. The van der Waals surface area contributed by atoms with E-state index in [1.165, 1.54) is 11.5 Å². The van der Waals surface area contributed by atoms with Crippen molar-refractivity contribution in [3.63, 3.8) is 0 Å². The molecular formula is C24H30ClN3O5S. The van der Waals surface area contributed by atoms with E-state index in [0.29, 0.717) is 28.7 Å². The number of aromatic nitrogens is 1. The predicted molar refractivity (Wildman–Crippen MR) is 138 cm³/mol. The van der Waals surface area contributed by atoms with Crippen molar-refractivity contribution in [2.75, 3.05) is 33.8 Å². The number of anilines is 1. The molecule has 0 saturated carbocycles. The second-order valence-electron chi connectivity index (χ2n) is 7.66. The molecule has 0 radical (unpaired) electrons. The van der Waals surface area contributed by atoms with Gasteiger partial charge in [0.15, 0.2) is 11.5 Å². The minimum atomic E-state index is -0.629.